The average Bonchev–Trinajstić information content (AvgIpc) is 3.06. The maximum absolute atomic E-state index is 9.96. The van der Waals surface area contributed by atoms with Crippen molar-refractivity contribution in [3.63, 3.8) is 0 Å². The number of para-hydroxylation sites is 1. The number of aryl methyl sites for hydroxylation is 1. The van der Waals surface area contributed by atoms with Crippen LogP contribution < -0.4 is 9.64 Å². The van der Waals surface area contributed by atoms with Crippen LogP contribution in [0, 0.1) is 0 Å². The van der Waals surface area contributed by atoms with Crippen LogP contribution in [0.1, 0.15) is 25.7 Å². The normalized spacial score (nSPS) is 20.3. The molecule has 136 valence electrons. The fourth-order valence-corrected chi connectivity index (χ4v) is 4.13. The third-order valence-corrected chi connectivity index (χ3v) is 5.52. The largest absolute Gasteiger partial charge is 0.497 e. The highest BCUT2D eigenvalue weighted by atomic mass is 16.5. The smallest absolute Gasteiger partial charge is 0.119 e. The number of anilines is 2. The molecule has 0 unspecified atom stereocenters. The Balaban J connectivity index is 1.82. The van der Waals surface area contributed by atoms with Gasteiger partial charge in [0.15, 0.2) is 0 Å². The first-order valence-corrected chi connectivity index (χ1v) is 9.33. The number of benzene rings is 2. The summed E-state index contributed by atoms with van der Waals surface area (Å²) in [6.45, 7) is 0. The molecule has 4 heteroatoms. The Labute approximate surface area is 154 Å². The summed E-state index contributed by atoms with van der Waals surface area (Å²) in [4.78, 5) is 2.45. The molecular formula is C22H26N2O2. The first-order chi connectivity index (χ1) is 12.7. The highest BCUT2D eigenvalue weighted by molar-refractivity contribution is 5.94. The molecule has 0 spiro atoms. The van der Waals surface area contributed by atoms with Gasteiger partial charge < -0.3 is 19.3 Å². The van der Waals surface area contributed by atoms with E-state index in [9.17, 15) is 5.11 Å². The minimum atomic E-state index is -0.158. The second-order valence-corrected chi connectivity index (χ2v) is 7.17. The van der Waals surface area contributed by atoms with E-state index in [1.54, 1.807) is 7.11 Å². The number of aliphatic hydroxyl groups excluding tert-OH is 1. The van der Waals surface area contributed by atoms with Crippen LogP contribution in [0.25, 0.3) is 10.9 Å². The Bertz CT molecular complexity index is 877. The fraction of sp³-hybridized carbons (Fsp3) is 0.364. The maximum Gasteiger partial charge on any atom is 0.119 e. The predicted molar refractivity (Wildman–Crippen MR) is 106 cm³/mol. The summed E-state index contributed by atoms with van der Waals surface area (Å²) in [5.74, 6) is 0.866. The monoisotopic (exact) mass is 350 g/mol. The van der Waals surface area contributed by atoms with Crippen LogP contribution in [0.2, 0.25) is 0 Å². The molecule has 3 aromatic rings. The molecule has 1 aliphatic carbocycles. The summed E-state index contributed by atoms with van der Waals surface area (Å²) >= 11 is 0. The van der Waals surface area contributed by atoms with Crippen LogP contribution in [0.15, 0.2) is 54.7 Å². The molecule has 0 aliphatic heterocycles. The van der Waals surface area contributed by atoms with Gasteiger partial charge in [-0.15, -0.1) is 0 Å². The van der Waals surface area contributed by atoms with Gasteiger partial charge in [-0.25, -0.2) is 0 Å². The van der Waals surface area contributed by atoms with Crippen molar-refractivity contribution in [3.8, 4) is 5.75 Å². The van der Waals surface area contributed by atoms with E-state index < -0.39 is 0 Å². The number of aromatic nitrogens is 1. The summed E-state index contributed by atoms with van der Waals surface area (Å²) in [6, 6.07) is 17.3. The number of fused-ring (bicyclic) bond motifs is 1. The van der Waals surface area contributed by atoms with E-state index in [0.29, 0.717) is 6.04 Å². The zero-order chi connectivity index (χ0) is 18.1. The molecule has 1 fully saturated rings. The van der Waals surface area contributed by atoms with E-state index in [4.69, 9.17) is 4.74 Å². The fourth-order valence-electron chi connectivity index (χ4n) is 4.13. The third kappa shape index (κ3) is 3.06. The van der Waals surface area contributed by atoms with Crippen LogP contribution in [-0.4, -0.2) is 28.9 Å². The highest BCUT2D eigenvalue weighted by Gasteiger charge is 2.27. The van der Waals surface area contributed by atoms with Crippen molar-refractivity contribution in [1.82, 2.24) is 4.57 Å². The van der Waals surface area contributed by atoms with E-state index in [-0.39, 0.29) is 6.10 Å². The molecule has 1 N–H and O–H groups in total. The van der Waals surface area contributed by atoms with Crippen LogP contribution >= 0.6 is 0 Å². The number of hydrogen-bond acceptors (Lipinski definition) is 3. The van der Waals surface area contributed by atoms with Gasteiger partial charge in [-0.2, -0.15) is 0 Å². The van der Waals surface area contributed by atoms with Crippen LogP contribution in [0.4, 0.5) is 11.4 Å². The van der Waals surface area contributed by atoms with Crippen molar-refractivity contribution in [2.75, 3.05) is 12.0 Å². The number of aliphatic hydroxyl groups is 1. The van der Waals surface area contributed by atoms with Crippen molar-refractivity contribution in [1.29, 1.82) is 0 Å². The van der Waals surface area contributed by atoms with Crippen molar-refractivity contribution >= 4 is 22.3 Å². The van der Waals surface area contributed by atoms with Gasteiger partial charge in [0.2, 0.25) is 0 Å². The Kier molecular flexibility index (Phi) is 4.60. The summed E-state index contributed by atoms with van der Waals surface area (Å²) in [5, 5.41) is 11.2. The topological polar surface area (TPSA) is 37.6 Å². The lowest BCUT2D eigenvalue weighted by molar-refractivity contribution is 0.123. The van der Waals surface area contributed by atoms with Crippen molar-refractivity contribution in [2.24, 2.45) is 7.05 Å². The van der Waals surface area contributed by atoms with Crippen LogP contribution in [0.5, 0.6) is 5.75 Å². The Morgan fingerprint density at radius 2 is 1.73 bits per heavy atom. The number of methoxy groups -OCH3 is 1. The molecule has 1 saturated carbocycles. The van der Waals surface area contributed by atoms with Gasteiger partial charge in [-0.1, -0.05) is 12.1 Å². The SMILES string of the molecule is COc1ccc(N(c2cccc3ccn(C)c23)C2CCC(O)CC2)cc1. The summed E-state index contributed by atoms with van der Waals surface area (Å²) in [7, 11) is 3.79. The lowest BCUT2D eigenvalue weighted by atomic mass is 9.91. The second kappa shape index (κ2) is 7.04. The number of hydrogen-bond donors (Lipinski definition) is 1. The average molecular weight is 350 g/mol. The Morgan fingerprint density at radius 1 is 1.00 bits per heavy atom. The van der Waals surface area contributed by atoms with Crippen LogP contribution in [-0.2, 0) is 7.05 Å². The zero-order valence-corrected chi connectivity index (χ0v) is 15.4. The zero-order valence-electron chi connectivity index (χ0n) is 15.4. The molecular weight excluding hydrogens is 324 g/mol. The molecule has 0 radical (unpaired) electrons. The first-order valence-electron chi connectivity index (χ1n) is 9.33. The van der Waals surface area contributed by atoms with Crippen LogP contribution in [0.3, 0.4) is 0 Å². The molecule has 4 rings (SSSR count). The maximum atomic E-state index is 9.96. The molecule has 26 heavy (non-hydrogen) atoms. The molecule has 1 aliphatic rings. The molecule has 0 bridgehead atoms. The molecule has 2 aromatic carbocycles. The van der Waals surface area contributed by atoms with Crippen molar-refractivity contribution < 1.29 is 9.84 Å². The molecule has 0 atom stereocenters. The van der Waals surface area contributed by atoms with Gasteiger partial charge in [-0.05, 0) is 62.1 Å². The lowest BCUT2D eigenvalue weighted by Crippen LogP contribution is -2.36. The van der Waals surface area contributed by atoms with E-state index in [0.717, 1.165) is 31.4 Å². The predicted octanol–water partition coefficient (Wildman–Crippen LogP) is 4.63. The minimum Gasteiger partial charge on any atom is -0.497 e. The summed E-state index contributed by atoms with van der Waals surface area (Å²) < 4.78 is 7.53. The molecule has 1 heterocycles. The van der Waals surface area contributed by atoms with E-state index in [2.05, 4.69) is 59.1 Å². The minimum absolute atomic E-state index is 0.158. The van der Waals surface area contributed by atoms with Gasteiger partial charge in [0.25, 0.3) is 0 Å². The molecule has 4 nitrogen and oxygen atoms in total. The lowest BCUT2D eigenvalue weighted by Gasteiger charge is -2.38. The van der Waals surface area contributed by atoms with E-state index in [1.165, 1.54) is 22.3 Å². The second-order valence-electron chi connectivity index (χ2n) is 7.17. The third-order valence-electron chi connectivity index (χ3n) is 5.52. The van der Waals surface area contributed by atoms with Gasteiger partial charge in [-0.3, -0.25) is 0 Å². The van der Waals surface area contributed by atoms with Gasteiger partial charge in [0.05, 0.1) is 24.4 Å². The quantitative estimate of drug-likeness (QED) is 0.745. The Morgan fingerprint density at radius 3 is 2.42 bits per heavy atom. The Hall–Kier alpha value is -2.46. The van der Waals surface area contributed by atoms with Gasteiger partial charge >= 0.3 is 0 Å². The standard InChI is InChI=1S/C22H26N2O2/c1-23-15-14-16-4-3-5-21(22(16)23)24(17-6-10-19(25)11-7-17)18-8-12-20(26-2)13-9-18/h3-5,8-9,12-15,17,19,25H,6-7,10-11H2,1-2H3. The van der Waals surface area contributed by atoms with Crippen molar-refractivity contribution in [3.05, 3.63) is 54.7 Å². The number of nitrogens with zero attached hydrogens (tertiary/aromatic N) is 2. The number of rotatable bonds is 4. The van der Waals surface area contributed by atoms with E-state index in [1.807, 2.05) is 12.1 Å². The first kappa shape index (κ1) is 17.0. The molecule has 0 saturated heterocycles. The molecule has 1 aromatic heterocycles. The summed E-state index contributed by atoms with van der Waals surface area (Å²) in [5.41, 5.74) is 3.64. The van der Waals surface area contributed by atoms with E-state index >= 15 is 0 Å². The number of ether oxygens (including phenoxy) is 1. The van der Waals surface area contributed by atoms with Crippen molar-refractivity contribution in [2.45, 2.75) is 37.8 Å². The van der Waals surface area contributed by atoms with Gasteiger partial charge in [0, 0.05) is 30.4 Å². The van der Waals surface area contributed by atoms with Gasteiger partial charge in [0.1, 0.15) is 5.75 Å². The molecule has 0 amide bonds. The highest BCUT2D eigenvalue weighted by Crippen LogP contribution is 2.38. The summed E-state index contributed by atoms with van der Waals surface area (Å²) in [6.07, 6.45) is 5.67.